The summed E-state index contributed by atoms with van der Waals surface area (Å²) in [6.45, 7) is 5.52. The Labute approximate surface area is 170 Å². The van der Waals surface area contributed by atoms with E-state index >= 15 is 0 Å². The zero-order valence-corrected chi connectivity index (χ0v) is 17.4. The predicted octanol–water partition coefficient (Wildman–Crippen LogP) is 5.33. The Bertz CT molecular complexity index is 722. The average molecular weight is 408 g/mol. The van der Waals surface area contributed by atoms with Gasteiger partial charge in [0.05, 0.1) is 13.2 Å². The number of halogens is 1. The van der Waals surface area contributed by atoms with Crippen LogP contribution in [0.2, 0.25) is 5.02 Å². The molecule has 4 nitrogen and oxygen atoms in total. The van der Waals surface area contributed by atoms with E-state index in [1.165, 1.54) is 0 Å². The summed E-state index contributed by atoms with van der Waals surface area (Å²) in [5.74, 6) is 2.39. The van der Waals surface area contributed by atoms with Crippen molar-refractivity contribution in [2.75, 3.05) is 19.0 Å². The fourth-order valence-electron chi connectivity index (χ4n) is 2.45. The van der Waals surface area contributed by atoms with Gasteiger partial charge in [0, 0.05) is 22.9 Å². The van der Waals surface area contributed by atoms with E-state index in [-0.39, 0.29) is 5.91 Å². The zero-order chi connectivity index (χ0) is 19.5. The lowest BCUT2D eigenvalue weighted by molar-refractivity contribution is -0.121. The summed E-state index contributed by atoms with van der Waals surface area (Å²) < 4.78 is 11.2. The molecule has 2 rings (SSSR count). The van der Waals surface area contributed by atoms with Gasteiger partial charge in [-0.05, 0) is 68.0 Å². The van der Waals surface area contributed by atoms with Crippen LogP contribution in [0.3, 0.4) is 0 Å². The van der Waals surface area contributed by atoms with Crippen LogP contribution in [0.1, 0.15) is 32.3 Å². The highest BCUT2D eigenvalue weighted by atomic mass is 35.5. The van der Waals surface area contributed by atoms with Crippen LogP contribution in [0.25, 0.3) is 0 Å². The second-order valence-electron chi connectivity index (χ2n) is 5.83. The molecule has 0 saturated carbocycles. The minimum Gasteiger partial charge on any atom is -0.490 e. The van der Waals surface area contributed by atoms with Crippen molar-refractivity contribution in [2.45, 2.75) is 38.1 Å². The van der Waals surface area contributed by atoms with Crippen molar-refractivity contribution in [2.24, 2.45) is 0 Å². The maximum absolute atomic E-state index is 12.1. The molecule has 2 aromatic rings. The third-order valence-electron chi connectivity index (χ3n) is 3.73. The van der Waals surface area contributed by atoms with Gasteiger partial charge >= 0.3 is 0 Å². The fourth-order valence-corrected chi connectivity index (χ4v) is 3.43. The molecule has 6 heteroatoms. The van der Waals surface area contributed by atoms with Crippen LogP contribution in [0.5, 0.6) is 11.5 Å². The number of hydrogen-bond acceptors (Lipinski definition) is 4. The number of rotatable bonds is 11. The summed E-state index contributed by atoms with van der Waals surface area (Å²) in [4.78, 5) is 13.2. The van der Waals surface area contributed by atoms with Crippen LogP contribution in [0, 0.1) is 0 Å². The highest BCUT2D eigenvalue weighted by Crippen LogP contribution is 2.28. The molecule has 0 aliphatic heterocycles. The Kier molecular flexibility index (Phi) is 9.36. The standard InChI is InChI=1S/C21H26ClNO3S/c1-3-25-19-12-7-16(14-20(19)26-4-2)15-23-21(24)6-5-13-27-18-10-8-17(22)9-11-18/h7-12,14H,3-6,13,15H2,1-2H3,(H,23,24). The van der Waals surface area contributed by atoms with E-state index < -0.39 is 0 Å². The molecule has 0 aliphatic carbocycles. The molecule has 0 aliphatic rings. The number of thioether (sulfide) groups is 1. The predicted molar refractivity (Wildman–Crippen MR) is 112 cm³/mol. The number of ether oxygens (including phenoxy) is 2. The molecule has 0 saturated heterocycles. The van der Waals surface area contributed by atoms with Gasteiger partial charge < -0.3 is 14.8 Å². The van der Waals surface area contributed by atoms with Gasteiger partial charge in [-0.15, -0.1) is 11.8 Å². The maximum atomic E-state index is 12.1. The van der Waals surface area contributed by atoms with Gasteiger partial charge in [0.25, 0.3) is 0 Å². The van der Waals surface area contributed by atoms with Gasteiger partial charge in [-0.1, -0.05) is 17.7 Å². The lowest BCUT2D eigenvalue weighted by Crippen LogP contribution is -2.22. The number of benzene rings is 2. The molecule has 27 heavy (non-hydrogen) atoms. The van der Waals surface area contributed by atoms with Crippen LogP contribution < -0.4 is 14.8 Å². The molecule has 1 N–H and O–H groups in total. The smallest absolute Gasteiger partial charge is 0.220 e. The molecular formula is C21H26ClNO3S. The van der Waals surface area contributed by atoms with Crippen LogP contribution in [-0.4, -0.2) is 24.9 Å². The molecule has 0 aromatic heterocycles. The molecule has 0 spiro atoms. The summed E-state index contributed by atoms with van der Waals surface area (Å²) in [6, 6.07) is 13.5. The first-order valence-electron chi connectivity index (χ1n) is 9.16. The molecule has 0 atom stereocenters. The topological polar surface area (TPSA) is 47.6 Å². The summed E-state index contributed by atoms with van der Waals surface area (Å²) in [7, 11) is 0. The lowest BCUT2D eigenvalue weighted by Gasteiger charge is -2.13. The number of hydrogen-bond donors (Lipinski definition) is 1. The lowest BCUT2D eigenvalue weighted by atomic mass is 10.2. The van der Waals surface area contributed by atoms with Gasteiger partial charge in [0.2, 0.25) is 5.91 Å². The Morgan fingerprint density at radius 2 is 1.74 bits per heavy atom. The molecular weight excluding hydrogens is 382 g/mol. The molecule has 0 bridgehead atoms. The Hall–Kier alpha value is -1.85. The van der Waals surface area contributed by atoms with Crippen molar-refractivity contribution in [1.82, 2.24) is 5.32 Å². The highest BCUT2D eigenvalue weighted by molar-refractivity contribution is 7.99. The highest BCUT2D eigenvalue weighted by Gasteiger charge is 2.07. The minimum atomic E-state index is 0.0542. The average Bonchev–Trinajstić information content (AvgIpc) is 2.67. The zero-order valence-electron chi connectivity index (χ0n) is 15.8. The second-order valence-corrected chi connectivity index (χ2v) is 7.43. The molecule has 0 radical (unpaired) electrons. The Balaban J connectivity index is 1.73. The van der Waals surface area contributed by atoms with Crippen molar-refractivity contribution in [3.05, 3.63) is 53.1 Å². The molecule has 0 unspecified atom stereocenters. The number of carbonyl (C=O) groups is 1. The maximum Gasteiger partial charge on any atom is 0.220 e. The normalized spacial score (nSPS) is 10.5. The first kappa shape index (κ1) is 21.5. The molecule has 0 fully saturated rings. The Morgan fingerprint density at radius 3 is 2.44 bits per heavy atom. The van der Waals surface area contributed by atoms with E-state index in [2.05, 4.69) is 5.32 Å². The third kappa shape index (κ3) is 7.73. The summed E-state index contributed by atoms with van der Waals surface area (Å²) in [6.07, 6.45) is 1.34. The summed E-state index contributed by atoms with van der Waals surface area (Å²) >= 11 is 7.60. The molecule has 0 heterocycles. The molecule has 1 amide bonds. The van der Waals surface area contributed by atoms with E-state index in [0.717, 1.165) is 33.4 Å². The Morgan fingerprint density at radius 1 is 1.04 bits per heavy atom. The van der Waals surface area contributed by atoms with Crippen molar-refractivity contribution in [3.8, 4) is 11.5 Å². The van der Waals surface area contributed by atoms with Crippen molar-refractivity contribution in [3.63, 3.8) is 0 Å². The SMILES string of the molecule is CCOc1ccc(CNC(=O)CCCSc2ccc(Cl)cc2)cc1OCC. The van der Waals surface area contributed by atoms with Gasteiger partial charge in [-0.25, -0.2) is 0 Å². The number of nitrogens with one attached hydrogen (secondary N) is 1. The minimum absolute atomic E-state index is 0.0542. The first-order chi connectivity index (χ1) is 13.1. The summed E-state index contributed by atoms with van der Waals surface area (Å²) in [5.41, 5.74) is 0.991. The van der Waals surface area contributed by atoms with Crippen LogP contribution >= 0.6 is 23.4 Å². The molecule has 2 aromatic carbocycles. The van der Waals surface area contributed by atoms with Gasteiger partial charge in [0.15, 0.2) is 11.5 Å². The quantitative estimate of drug-likeness (QED) is 0.404. The molecule has 146 valence electrons. The largest absolute Gasteiger partial charge is 0.490 e. The monoisotopic (exact) mass is 407 g/mol. The van der Waals surface area contributed by atoms with E-state index in [0.29, 0.717) is 31.9 Å². The second kappa shape index (κ2) is 11.8. The van der Waals surface area contributed by atoms with Crippen LogP contribution in [0.15, 0.2) is 47.4 Å². The van der Waals surface area contributed by atoms with Gasteiger partial charge in [0.1, 0.15) is 0 Å². The van der Waals surface area contributed by atoms with E-state index in [1.807, 2.05) is 56.3 Å². The van der Waals surface area contributed by atoms with Crippen molar-refractivity contribution >= 4 is 29.3 Å². The number of amides is 1. The van der Waals surface area contributed by atoms with Gasteiger partial charge in [-0.3, -0.25) is 4.79 Å². The fraction of sp³-hybridized carbons (Fsp3) is 0.381. The number of carbonyl (C=O) groups excluding carboxylic acids is 1. The van der Waals surface area contributed by atoms with Crippen LogP contribution in [0.4, 0.5) is 0 Å². The van der Waals surface area contributed by atoms with E-state index in [9.17, 15) is 4.79 Å². The van der Waals surface area contributed by atoms with Crippen molar-refractivity contribution in [1.29, 1.82) is 0 Å². The first-order valence-corrected chi connectivity index (χ1v) is 10.5. The van der Waals surface area contributed by atoms with Gasteiger partial charge in [-0.2, -0.15) is 0 Å². The van der Waals surface area contributed by atoms with E-state index in [4.69, 9.17) is 21.1 Å². The van der Waals surface area contributed by atoms with Crippen LogP contribution in [-0.2, 0) is 11.3 Å². The third-order valence-corrected chi connectivity index (χ3v) is 5.08. The van der Waals surface area contributed by atoms with Crippen molar-refractivity contribution < 1.29 is 14.3 Å². The van der Waals surface area contributed by atoms with E-state index in [1.54, 1.807) is 11.8 Å². The summed E-state index contributed by atoms with van der Waals surface area (Å²) in [5, 5.41) is 3.70.